The molecule has 0 amide bonds. The minimum Gasteiger partial charge on any atom is -0.479 e. The van der Waals surface area contributed by atoms with Crippen molar-refractivity contribution in [3.05, 3.63) is 83.7 Å². The highest BCUT2D eigenvalue weighted by Gasteiger charge is 2.24. The molecule has 6 nitrogen and oxygen atoms in total. The largest absolute Gasteiger partial charge is 0.479 e. The number of ether oxygens (including phenoxy) is 1. The summed E-state index contributed by atoms with van der Waals surface area (Å²) in [6.07, 6.45) is 4.65. The van der Waals surface area contributed by atoms with E-state index in [1.807, 2.05) is 12.1 Å². The van der Waals surface area contributed by atoms with Crippen LogP contribution in [0.2, 0.25) is 0 Å². The van der Waals surface area contributed by atoms with Crippen LogP contribution in [0.5, 0.6) is 5.88 Å². The Morgan fingerprint density at radius 3 is 2.39 bits per heavy atom. The fourth-order valence-corrected chi connectivity index (χ4v) is 4.65. The lowest BCUT2D eigenvalue weighted by molar-refractivity contribution is 0.175. The number of halogens is 1. The summed E-state index contributed by atoms with van der Waals surface area (Å²) in [7, 11) is 1.60. The molecule has 0 aliphatic carbocycles. The Labute approximate surface area is 193 Å². The molecule has 0 N–H and O–H groups in total. The number of nitrogens with zero attached hydrogens (tertiary/aromatic N) is 5. The normalized spacial score (nSPS) is 15.2. The average molecular weight is 446 g/mol. The van der Waals surface area contributed by atoms with Crippen molar-refractivity contribution in [1.29, 1.82) is 0 Å². The van der Waals surface area contributed by atoms with E-state index in [4.69, 9.17) is 9.72 Å². The summed E-state index contributed by atoms with van der Waals surface area (Å²) >= 11 is 0. The van der Waals surface area contributed by atoms with Crippen molar-refractivity contribution >= 4 is 11.2 Å². The van der Waals surface area contributed by atoms with Crippen LogP contribution in [0.3, 0.4) is 0 Å². The standard InChI is InChI=1S/C26H28FN5O/c1-33-26-24-25(28-18-29-26)32(17-21-7-9-22(27)10-8-21)23(30-24)15-19-11-13-31(14-12-19)16-20-5-3-2-4-6-20/h2-10,18-19H,11-17H2,1H3. The van der Waals surface area contributed by atoms with E-state index in [1.54, 1.807) is 7.11 Å². The van der Waals surface area contributed by atoms with Crippen LogP contribution in [0, 0.1) is 11.7 Å². The Balaban J connectivity index is 1.34. The van der Waals surface area contributed by atoms with Gasteiger partial charge in [0.1, 0.15) is 18.0 Å². The lowest BCUT2D eigenvalue weighted by atomic mass is 9.93. The van der Waals surface area contributed by atoms with E-state index in [9.17, 15) is 4.39 Å². The highest BCUT2D eigenvalue weighted by Crippen LogP contribution is 2.27. The van der Waals surface area contributed by atoms with Crippen LogP contribution in [-0.4, -0.2) is 44.6 Å². The van der Waals surface area contributed by atoms with Gasteiger partial charge in [0.25, 0.3) is 0 Å². The lowest BCUT2D eigenvalue weighted by Crippen LogP contribution is -2.34. The van der Waals surface area contributed by atoms with E-state index >= 15 is 0 Å². The van der Waals surface area contributed by atoms with Gasteiger partial charge in [0.2, 0.25) is 5.88 Å². The van der Waals surface area contributed by atoms with Gasteiger partial charge in [-0.25, -0.2) is 14.4 Å². The third-order valence-corrected chi connectivity index (χ3v) is 6.45. The second-order valence-electron chi connectivity index (χ2n) is 8.71. The van der Waals surface area contributed by atoms with Gasteiger partial charge < -0.3 is 9.30 Å². The van der Waals surface area contributed by atoms with Crippen LogP contribution in [0.4, 0.5) is 4.39 Å². The summed E-state index contributed by atoms with van der Waals surface area (Å²) in [4.78, 5) is 16.2. The van der Waals surface area contributed by atoms with Gasteiger partial charge in [-0.05, 0) is 55.1 Å². The van der Waals surface area contributed by atoms with Crippen LogP contribution in [0.1, 0.15) is 29.8 Å². The van der Waals surface area contributed by atoms with E-state index in [0.717, 1.165) is 55.9 Å². The predicted molar refractivity (Wildman–Crippen MR) is 126 cm³/mol. The molecule has 2 aromatic heterocycles. The van der Waals surface area contributed by atoms with Gasteiger partial charge in [0.15, 0.2) is 11.2 Å². The second-order valence-corrected chi connectivity index (χ2v) is 8.71. The van der Waals surface area contributed by atoms with E-state index in [1.165, 1.54) is 24.0 Å². The highest BCUT2D eigenvalue weighted by molar-refractivity contribution is 5.76. The molecule has 33 heavy (non-hydrogen) atoms. The maximum atomic E-state index is 13.4. The molecule has 1 aliphatic heterocycles. The molecule has 0 radical (unpaired) electrons. The van der Waals surface area contributed by atoms with Gasteiger partial charge in [0, 0.05) is 13.0 Å². The third-order valence-electron chi connectivity index (χ3n) is 6.45. The van der Waals surface area contributed by atoms with Crippen molar-refractivity contribution in [3.8, 4) is 5.88 Å². The number of likely N-dealkylation sites (tertiary alicyclic amines) is 1. The summed E-state index contributed by atoms with van der Waals surface area (Å²) < 4.78 is 21.0. The molecule has 0 saturated carbocycles. The number of fused-ring (bicyclic) bond motifs is 1. The minimum absolute atomic E-state index is 0.235. The van der Waals surface area contributed by atoms with Crippen LogP contribution < -0.4 is 4.74 Å². The highest BCUT2D eigenvalue weighted by atomic mass is 19.1. The number of hydrogen-bond donors (Lipinski definition) is 0. The number of hydrogen-bond acceptors (Lipinski definition) is 5. The molecular weight excluding hydrogens is 417 g/mol. The Morgan fingerprint density at radius 2 is 1.67 bits per heavy atom. The molecule has 0 spiro atoms. The molecular formula is C26H28FN5O. The SMILES string of the molecule is COc1ncnc2c1nc(CC1CCN(Cc3ccccc3)CC1)n2Cc1ccc(F)cc1. The Kier molecular flexibility index (Phi) is 6.30. The summed E-state index contributed by atoms with van der Waals surface area (Å²) in [5.41, 5.74) is 3.80. The van der Waals surface area contributed by atoms with E-state index < -0.39 is 0 Å². The Morgan fingerprint density at radius 1 is 0.939 bits per heavy atom. The fourth-order valence-electron chi connectivity index (χ4n) is 4.65. The molecule has 7 heteroatoms. The quantitative estimate of drug-likeness (QED) is 0.420. The molecule has 1 fully saturated rings. The zero-order chi connectivity index (χ0) is 22.6. The predicted octanol–water partition coefficient (Wildman–Crippen LogP) is 4.48. The first-order chi connectivity index (χ1) is 16.2. The van der Waals surface area contributed by atoms with E-state index in [2.05, 4.69) is 49.8 Å². The zero-order valence-electron chi connectivity index (χ0n) is 18.8. The Bertz CT molecular complexity index is 1200. The van der Waals surface area contributed by atoms with Gasteiger partial charge in [-0.1, -0.05) is 42.5 Å². The average Bonchev–Trinajstić information content (AvgIpc) is 3.19. The van der Waals surface area contributed by atoms with Gasteiger partial charge in [0.05, 0.1) is 13.7 Å². The maximum Gasteiger partial charge on any atom is 0.245 e. The van der Waals surface area contributed by atoms with Crippen molar-refractivity contribution in [2.24, 2.45) is 5.92 Å². The smallest absolute Gasteiger partial charge is 0.245 e. The number of methoxy groups -OCH3 is 1. The minimum atomic E-state index is -0.235. The van der Waals surface area contributed by atoms with Crippen molar-refractivity contribution in [2.45, 2.75) is 32.4 Å². The van der Waals surface area contributed by atoms with Gasteiger partial charge in [-0.2, -0.15) is 4.98 Å². The molecule has 1 saturated heterocycles. The summed E-state index contributed by atoms with van der Waals surface area (Å²) in [5, 5.41) is 0. The van der Waals surface area contributed by atoms with Crippen molar-refractivity contribution in [3.63, 3.8) is 0 Å². The van der Waals surface area contributed by atoms with Crippen LogP contribution >= 0.6 is 0 Å². The number of piperidine rings is 1. The molecule has 0 unspecified atom stereocenters. The molecule has 3 heterocycles. The summed E-state index contributed by atoms with van der Waals surface area (Å²) in [6.45, 7) is 3.75. The van der Waals surface area contributed by atoms with Crippen LogP contribution in [-0.2, 0) is 19.5 Å². The van der Waals surface area contributed by atoms with E-state index in [-0.39, 0.29) is 5.82 Å². The van der Waals surface area contributed by atoms with Crippen LogP contribution in [0.15, 0.2) is 60.9 Å². The molecule has 4 aromatic rings. The lowest BCUT2D eigenvalue weighted by Gasteiger charge is -2.32. The Hall–Kier alpha value is -3.32. The van der Waals surface area contributed by atoms with Gasteiger partial charge >= 0.3 is 0 Å². The number of imidazole rings is 1. The first kappa shape index (κ1) is 21.5. The monoisotopic (exact) mass is 445 g/mol. The van der Waals surface area contributed by atoms with Crippen molar-refractivity contribution < 1.29 is 9.13 Å². The molecule has 0 atom stereocenters. The molecule has 5 rings (SSSR count). The molecule has 0 bridgehead atoms. The zero-order valence-corrected chi connectivity index (χ0v) is 18.8. The summed E-state index contributed by atoms with van der Waals surface area (Å²) in [5.74, 6) is 1.78. The fraction of sp³-hybridized carbons (Fsp3) is 0.346. The number of benzene rings is 2. The first-order valence-electron chi connectivity index (χ1n) is 11.4. The third kappa shape index (κ3) is 4.88. The number of rotatable bonds is 7. The van der Waals surface area contributed by atoms with Gasteiger partial charge in [-0.15, -0.1) is 0 Å². The molecule has 170 valence electrons. The summed E-state index contributed by atoms with van der Waals surface area (Å²) in [6, 6.07) is 17.3. The van der Waals surface area contributed by atoms with Crippen molar-refractivity contribution in [2.75, 3.05) is 20.2 Å². The van der Waals surface area contributed by atoms with Crippen LogP contribution in [0.25, 0.3) is 11.2 Å². The van der Waals surface area contributed by atoms with Crippen molar-refractivity contribution in [1.82, 2.24) is 24.4 Å². The number of aromatic nitrogens is 4. The van der Waals surface area contributed by atoms with Gasteiger partial charge in [-0.3, -0.25) is 4.90 Å². The second kappa shape index (κ2) is 9.67. The van der Waals surface area contributed by atoms with E-state index in [0.29, 0.717) is 23.9 Å². The topological polar surface area (TPSA) is 56.1 Å². The molecule has 2 aromatic carbocycles. The molecule has 1 aliphatic rings. The maximum absolute atomic E-state index is 13.4. The first-order valence-corrected chi connectivity index (χ1v) is 11.4.